The lowest BCUT2D eigenvalue weighted by Crippen LogP contribution is -2.42. The van der Waals surface area contributed by atoms with Crippen LogP contribution in [0, 0.1) is 17.0 Å². The summed E-state index contributed by atoms with van der Waals surface area (Å²) < 4.78 is 6.07. The predicted molar refractivity (Wildman–Crippen MR) is 99.2 cm³/mol. The number of ether oxygens (including phenoxy) is 1. The van der Waals surface area contributed by atoms with Crippen LogP contribution in [0.1, 0.15) is 33.3 Å². The first-order valence-electron chi connectivity index (χ1n) is 7.95. The maximum Gasteiger partial charge on any atom is 0.269 e. The van der Waals surface area contributed by atoms with Gasteiger partial charge in [-0.15, -0.1) is 0 Å². The quantitative estimate of drug-likeness (QED) is 0.602. The molecule has 0 spiro atoms. The van der Waals surface area contributed by atoms with Crippen LogP contribution in [-0.2, 0) is 4.74 Å². The molecule has 0 N–H and O–H groups in total. The zero-order chi connectivity index (χ0) is 18.1. The summed E-state index contributed by atoms with van der Waals surface area (Å²) in [5.41, 5.74) is 1.47. The molecule has 1 aliphatic heterocycles. The molecule has 0 bridgehead atoms. The van der Waals surface area contributed by atoms with Gasteiger partial charge in [-0.2, -0.15) is 0 Å². The van der Waals surface area contributed by atoms with Crippen molar-refractivity contribution in [2.75, 3.05) is 12.8 Å². The summed E-state index contributed by atoms with van der Waals surface area (Å²) in [6.07, 6.45) is 0.0909. The molecule has 0 amide bonds. The molecule has 1 saturated heterocycles. The zero-order valence-electron chi connectivity index (χ0n) is 15.1. The third-order valence-electron chi connectivity index (χ3n) is 3.87. The fourth-order valence-corrected chi connectivity index (χ4v) is 4.01. The number of nitro benzene ring substituents is 1. The Labute approximate surface area is 147 Å². The van der Waals surface area contributed by atoms with Crippen molar-refractivity contribution in [3.05, 3.63) is 33.9 Å². The van der Waals surface area contributed by atoms with E-state index in [2.05, 4.69) is 32.6 Å². The van der Waals surface area contributed by atoms with Crippen molar-refractivity contribution in [3.63, 3.8) is 0 Å². The molecule has 0 aliphatic carbocycles. The number of amidine groups is 1. The van der Waals surface area contributed by atoms with Gasteiger partial charge in [0.25, 0.3) is 5.69 Å². The minimum absolute atomic E-state index is 0.0909. The van der Waals surface area contributed by atoms with Crippen LogP contribution in [0.2, 0.25) is 0 Å². The van der Waals surface area contributed by atoms with Gasteiger partial charge in [0.05, 0.1) is 28.4 Å². The number of thioether (sulfide) groups is 1. The highest BCUT2D eigenvalue weighted by atomic mass is 32.2. The van der Waals surface area contributed by atoms with Crippen molar-refractivity contribution in [2.45, 2.75) is 52.4 Å². The normalized spacial score (nSPS) is 21.3. The highest BCUT2D eigenvalue weighted by Gasteiger charge is 2.34. The fourth-order valence-electron chi connectivity index (χ4n) is 2.69. The molecule has 2 rings (SSSR count). The molecule has 1 aromatic rings. The molecule has 132 valence electrons. The molecule has 1 aliphatic rings. The van der Waals surface area contributed by atoms with Gasteiger partial charge in [0.1, 0.15) is 0 Å². The van der Waals surface area contributed by atoms with Crippen molar-refractivity contribution >= 4 is 28.3 Å². The third-order valence-corrected chi connectivity index (χ3v) is 5.02. The predicted octanol–water partition coefficient (Wildman–Crippen LogP) is 4.14. The molecule has 6 nitrogen and oxygen atoms in total. The number of nitrogens with zero attached hydrogens (tertiary/aromatic N) is 3. The lowest BCUT2D eigenvalue weighted by molar-refractivity contribution is -0.384. The van der Waals surface area contributed by atoms with Gasteiger partial charge >= 0.3 is 0 Å². The van der Waals surface area contributed by atoms with Crippen LogP contribution >= 0.6 is 11.8 Å². The van der Waals surface area contributed by atoms with Crippen LogP contribution < -0.4 is 0 Å². The van der Waals surface area contributed by atoms with Crippen molar-refractivity contribution < 1.29 is 9.66 Å². The van der Waals surface area contributed by atoms with E-state index in [1.165, 1.54) is 6.07 Å². The number of hydrogen-bond donors (Lipinski definition) is 0. The summed E-state index contributed by atoms with van der Waals surface area (Å²) in [5.74, 6) is 0.915. The highest BCUT2D eigenvalue weighted by molar-refractivity contribution is 8.14. The lowest BCUT2D eigenvalue weighted by atomic mass is 10.1. The Kier molecular flexibility index (Phi) is 5.55. The van der Waals surface area contributed by atoms with E-state index in [9.17, 15) is 10.1 Å². The summed E-state index contributed by atoms with van der Waals surface area (Å²) in [4.78, 5) is 17.3. The second-order valence-corrected chi connectivity index (χ2v) is 8.03. The summed E-state index contributed by atoms with van der Waals surface area (Å²) in [5, 5.41) is 11.8. The van der Waals surface area contributed by atoms with Crippen LogP contribution in [0.15, 0.2) is 23.2 Å². The van der Waals surface area contributed by atoms with Gasteiger partial charge in [-0.05, 0) is 46.2 Å². The molecule has 2 atom stereocenters. The van der Waals surface area contributed by atoms with Crippen molar-refractivity contribution in [1.82, 2.24) is 4.90 Å². The number of likely N-dealkylation sites (N-methyl/N-ethyl adjacent to an activating group) is 1. The first-order chi connectivity index (χ1) is 11.1. The van der Waals surface area contributed by atoms with E-state index < -0.39 is 0 Å². The van der Waals surface area contributed by atoms with E-state index in [-0.39, 0.29) is 28.4 Å². The number of hydrogen-bond acceptors (Lipinski definition) is 5. The summed E-state index contributed by atoms with van der Waals surface area (Å²) >= 11 is 1.69. The Morgan fingerprint density at radius 3 is 2.67 bits per heavy atom. The van der Waals surface area contributed by atoms with Gasteiger partial charge in [0.2, 0.25) is 0 Å². The summed E-state index contributed by atoms with van der Waals surface area (Å²) in [6.45, 7) is 10.1. The maximum atomic E-state index is 10.8. The first-order valence-corrected chi connectivity index (χ1v) is 8.94. The summed E-state index contributed by atoms with van der Waals surface area (Å²) in [6, 6.07) is 5.01. The molecular weight excluding hydrogens is 326 g/mol. The van der Waals surface area contributed by atoms with E-state index in [4.69, 9.17) is 9.73 Å². The smallest absolute Gasteiger partial charge is 0.269 e. The topological polar surface area (TPSA) is 68.0 Å². The minimum Gasteiger partial charge on any atom is -0.371 e. The van der Waals surface area contributed by atoms with Gasteiger partial charge in [-0.1, -0.05) is 11.8 Å². The SMILES string of the molecule is Cc1cc([N+](=O)[O-])ccc1N=C1SCC(C(C)OC(C)(C)C)N1C. The standard InChI is InChI=1S/C17H25N3O3S/c1-11-9-13(20(21)22)7-8-14(11)18-16-19(6)15(10-24-16)12(2)23-17(3,4)5/h7-9,12,15H,10H2,1-6H3. The first kappa shape index (κ1) is 18.7. The van der Waals surface area contributed by atoms with E-state index in [0.717, 1.165) is 22.2 Å². The number of rotatable bonds is 4. The molecule has 1 heterocycles. The molecule has 24 heavy (non-hydrogen) atoms. The Hall–Kier alpha value is -1.60. The van der Waals surface area contributed by atoms with Gasteiger partial charge in [-0.3, -0.25) is 10.1 Å². The van der Waals surface area contributed by atoms with Crippen LogP contribution in [0.4, 0.5) is 11.4 Å². The molecule has 0 radical (unpaired) electrons. The molecule has 1 fully saturated rings. The minimum atomic E-state index is -0.387. The molecule has 0 saturated carbocycles. The number of aliphatic imine (C=N–C) groups is 1. The average Bonchev–Trinajstić information content (AvgIpc) is 2.80. The molecule has 0 aromatic heterocycles. The number of aryl methyl sites for hydroxylation is 1. The highest BCUT2D eigenvalue weighted by Crippen LogP contribution is 2.31. The van der Waals surface area contributed by atoms with Crippen molar-refractivity contribution in [2.24, 2.45) is 4.99 Å². The fraction of sp³-hybridized carbons (Fsp3) is 0.588. The lowest BCUT2D eigenvalue weighted by Gasteiger charge is -2.32. The molecule has 1 aromatic carbocycles. The van der Waals surface area contributed by atoms with Crippen LogP contribution in [0.3, 0.4) is 0 Å². The van der Waals surface area contributed by atoms with Gasteiger partial charge in [0, 0.05) is 24.9 Å². The number of nitro groups is 1. The summed E-state index contributed by atoms with van der Waals surface area (Å²) in [7, 11) is 2.02. The van der Waals surface area contributed by atoms with E-state index in [1.54, 1.807) is 23.9 Å². The van der Waals surface area contributed by atoms with Crippen LogP contribution in [0.25, 0.3) is 0 Å². The second kappa shape index (κ2) is 7.11. The third kappa shape index (κ3) is 4.48. The average molecular weight is 351 g/mol. The van der Waals surface area contributed by atoms with E-state index in [0.29, 0.717) is 0 Å². The second-order valence-electron chi connectivity index (χ2n) is 7.05. The van der Waals surface area contributed by atoms with Gasteiger partial charge in [-0.25, -0.2) is 4.99 Å². The molecular formula is C17H25N3O3S. The molecule has 2 unspecified atom stereocenters. The Balaban J connectivity index is 2.16. The number of benzene rings is 1. The zero-order valence-corrected chi connectivity index (χ0v) is 15.9. The Morgan fingerprint density at radius 1 is 1.46 bits per heavy atom. The van der Waals surface area contributed by atoms with E-state index in [1.807, 2.05) is 14.0 Å². The van der Waals surface area contributed by atoms with Crippen molar-refractivity contribution in [3.8, 4) is 0 Å². The monoisotopic (exact) mass is 351 g/mol. The Bertz CT molecular complexity index is 655. The molecule has 7 heteroatoms. The van der Waals surface area contributed by atoms with Crippen molar-refractivity contribution in [1.29, 1.82) is 0 Å². The largest absolute Gasteiger partial charge is 0.371 e. The van der Waals surface area contributed by atoms with Gasteiger partial charge in [0.15, 0.2) is 5.17 Å². The maximum absolute atomic E-state index is 10.8. The Morgan fingerprint density at radius 2 is 2.12 bits per heavy atom. The van der Waals surface area contributed by atoms with Crippen LogP contribution in [-0.4, -0.2) is 45.5 Å². The van der Waals surface area contributed by atoms with E-state index >= 15 is 0 Å². The van der Waals surface area contributed by atoms with Gasteiger partial charge < -0.3 is 9.64 Å². The number of non-ortho nitro benzene ring substituents is 1. The van der Waals surface area contributed by atoms with Crippen LogP contribution in [0.5, 0.6) is 0 Å².